The molecule has 2 aromatic carbocycles. The van der Waals surface area contributed by atoms with E-state index < -0.39 is 17.2 Å². The number of allylic oxidation sites excluding steroid dienone is 1. The lowest BCUT2D eigenvalue weighted by molar-refractivity contribution is 0.104. The first-order valence-electron chi connectivity index (χ1n) is 11.9. The van der Waals surface area contributed by atoms with E-state index in [4.69, 9.17) is 0 Å². The number of aromatic nitrogens is 3. The third-order valence-electron chi connectivity index (χ3n) is 6.08. The van der Waals surface area contributed by atoms with Crippen molar-refractivity contribution < 1.29 is 14.3 Å². The topological polar surface area (TPSA) is 101 Å². The summed E-state index contributed by atoms with van der Waals surface area (Å²) >= 11 is 0. The maximum Gasteiger partial charge on any atom is 0.271 e. The van der Waals surface area contributed by atoms with E-state index in [9.17, 15) is 24.3 Å². The van der Waals surface area contributed by atoms with Crippen molar-refractivity contribution in [3.63, 3.8) is 0 Å². The van der Waals surface area contributed by atoms with Crippen LogP contribution in [-0.2, 0) is 6.54 Å². The zero-order chi connectivity index (χ0) is 26.5. The van der Waals surface area contributed by atoms with Crippen LogP contribution < -0.4 is 5.56 Å². The first-order valence-corrected chi connectivity index (χ1v) is 11.9. The SMILES string of the molecule is CCCCn1c(O)c(C(=O)/C=C/c2cn(-c3ccccc3)nc2-c2ccc(F)cc2)c(C)c(C#N)c1=O. The number of aromatic hydroxyl groups is 1. The minimum absolute atomic E-state index is 0.0951. The molecule has 0 saturated heterocycles. The number of ketones is 1. The fourth-order valence-corrected chi connectivity index (χ4v) is 4.07. The van der Waals surface area contributed by atoms with E-state index in [1.54, 1.807) is 29.1 Å². The molecule has 0 spiro atoms. The van der Waals surface area contributed by atoms with E-state index in [0.717, 1.165) is 16.7 Å². The van der Waals surface area contributed by atoms with Crippen LogP contribution in [0.15, 0.2) is 71.7 Å². The molecular weight excluding hydrogens is 471 g/mol. The van der Waals surface area contributed by atoms with Crippen molar-refractivity contribution in [3.05, 3.63) is 105 Å². The second kappa shape index (κ2) is 10.9. The summed E-state index contributed by atoms with van der Waals surface area (Å²) in [6.45, 7) is 3.60. The molecule has 0 bridgehead atoms. The Hall–Kier alpha value is -4.77. The van der Waals surface area contributed by atoms with Gasteiger partial charge in [0.25, 0.3) is 5.56 Å². The molecule has 8 heteroatoms. The molecule has 0 amide bonds. The van der Waals surface area contributed by atoms with Gasteiger partial charge in [0.1, 0.15) is 17.4 Å². The Bertz CT molecular complexity index is 1580. The zero-order valence-electron chi connectivity index (χ0n) is 20.5. The highest BCUT2D eigenvalue weighted by Crippen LogP contribution is 2.27. The molecule has 0 radical (unpaired) electrons. The third kappa shape index (κ3) is 5.11. The average molecular weight is 497 g/mol. The van der Waals surface area contributed by atoms with Gasteiger partial charge in [-0.2, -0.15) is 10.4 Å². The minimum Gasteiger partial charge on any atom is -0.494 e. The molecule has 1 N–H and O–H groups in total. The quantitative estimate of drug-likeness (QED) is 0.259. The number of nitriles is 1. The average Bonchev–Trinajstić information content (AvgIpc) is 3.33. The number of pyridine rings is 1. The number of nitrogens with zero attached hydrogens (tertiary/aromatic N) is 4. The maximum atomic E-state index is 13.5. The van der Waals surface area contributed by atoms with Crippen molar-refractivity contribution >= 4 is 11.9 Å². The number of halogens is 1. The number of hydrogen-bond acceptors (Lipinski definition) is 5. The van der Waals surface area contributed by atoms with Crippen molar-refractivity contribution in [1.29, 1.82) is 5.26 Å². The second-order valence-corrected chi connectivity index (χ2v) is 8.54. The summed E-state index contributed by atoms with van der Waals surface area (Å²) in [5.74, 6) is -1.39. The van der Waals surface area contributed by atoms with Crippen LogP contribution >= 0.6 is 0 Å². The number of rotatable bonds is 8. The lowest BCUT2D eigenvalue weighted by atomic mass is 10.0. The summed E-state index contributed by atoms with van der Waals surface area (Å²) in [6.07, 6.45) is 5.94. The Morgan fingerprint density at radius 1 is 1.16 bits per heavy atom. The van der Waals surface area contributed by atoms with Gasteiger partial charge in [0, 0.05) is 23.9 Å². The first kappa shape index (κ1) is 25.3. The fourth-order valence-electron chi connectivity index (χ4n) is 4.07. The smallest absolute Gasteiger partial charge is 0.271 e. The van der Waals surface area contributed by atoms with Crippen LogP contribution in [-0.4, -0.2) is 25.2 Å². The van der Waals surface area contributed by atoms with Gasteiger partial charge in [-0.3, -0.25) is 14.2 Å². The number of benzene rings is 2. The van der Waals surface area contributed by atoms with Crippen LogP contribution in [0.3, 0.4) is 0 Å². The van der Waals surface area contributed by atoms with Gasteiger partial charge in [0.2, 0.25) is 5.88 Å². The molecule has 0 aliphatic rings. The van der Waals surface area contributed by atoms with Gasteiger partial charge in [0.05, 0.1) is 16.9 Å². The van der Waals surface area contributed by atoms with Crippen LogP contribution in [0.5, 0.6) is 5.88 Å². The maximum absolute atomic E-state index is 13.5. The number of para-hydroxylation sites is 1. The van der Waals surface area contributed by atoms with Crippen molar-refractivity contribution in [2.45, 2.75) is 33.2 Å². The van der Waals surface area contributed by atoms with E-state index in [0.29, 0.717) is 23.2 Å². The van der Waals surface area contributed by atoms with Crippen LogP contribution in [0.25, 0.3) is 23.0 Å². The number of hydrogen-bond donors (Lipinski definition) is 1. The molecule has 0 unspecified atom stereocenters. The molecule has 0 saturated carbocycles. The van der Waals surface area contributed by atoms with Crippen LogP contribution in [0.1, 0.15) is 46.8 Å². The minimum atomic E-state index is -0.616. The second-order valence-electron chi connectivity index (χ2n) is 8.54. The van der Waals surface area contributed by atoms with Crippen molar-refractivity contribution in [3.8, 4) is 28.9 Å². The molecule has 7 nitrogen and oxygen atoms in total. The third-order valence-corrected chi connectivity index (χ3v) is 6.08. The molecular formula is C29H25FN4O3. The Morgan fingerprint density at radius 3 is 2.51 bits per heavy atom. The molecule has 2 heterocycles. The van der Waals surface area contributed by atoms with Gasteiger partial charge in [-0.05, 0) is 67.5 Å². The van der Waals surface area contributed by atoms with Crippen LogP contribution in [0.2, 0.25) is 0 Å². The summed E-state index contributed by atoms with van der Waals surface area (Å²) in [4.78, 5) is 26.0. The highest BCUT2D eigenvalue weighted by molar-refractivity contribution is 6.09. The standard InChI is InChI=1S/C29H25FN4O3/c1-3-4-16-33-28(36)24(17-31)19(2)26(29(33)37)25(35)15-12-21-18-34(23-8-6-5-7-9-23)32-27(21)20-10-13-22(30)14-11-20/h5-15,18,37H,3-4,16H2,1-2H3/b15-12+. The molecule has 4 rings (SSSR count). The predicted octanol–water partition coefficient (Wildman–Crippen LogP) is 5.42. The van der Waals surface area contributed by atoms with Gasteiger partial charge in [-0.1, -0.05) is 31.5 Å². The van der Waals surface area contributed by atoms with Crippen LogP contribution in [0.4, 0.5) is 4.39 Å². The summed E-state index contributed by atoms with van der Waals surface area (Å²) in [5.41, 5.74) is 1.81. The first-order chi connectivity index (χ1) is 17.8. The zero-order valence-corrected chi connectivity index (χ0v) is 20.5. The van der Waals surface area contributed by atoms with Gasteiger partial charge >= 0.3 is 0 Å². The van der Waals surface area contributed by atoms with Gasteiger partial charge in [-0.15, -0.1) is 0 Å². The number of carbonyl (C=O) groups excluding carboxylic acids is 1. The Balaban J connectivity index is 1.79. The Labute approximate surface area is 213 Å². The van der Waals surface area contributed by atoms with Crippen molar-refractivity contribution in [2.75, 3.05) is 0 Å². The lowest BCUT2D eigenvalue weighted by Gasteiger charge is -2.14. The Kier molecular flexibility index (Phi) is 7.44. The largest absolute Gasteiger partial charge is 0.494 e. The molecule has 186 valence electrons. The molecule has 0 aliphatic carbocycles. The summed E-state index contributed by atoms with van der Waals surface area (Å²) in [5, 5.41) is 25.0. The molecule has 2 aromatic heterocycles. The summed E-state index contributed by atoms with van der Waals surface area (Å²) in [6, 6.07) is 17.1. The van der Waals surface area contributed by atoms with Gasteiger partial charge in [-0.25, -0.2) is 9.07 Å². The van der Waals surface area contributed by atoms with E-state index in [2.05, 4.69) is 5.10 Å². The normalized spacial score (nSPS) is 11.1. The number of carbonyl (C=O) groups is 1. The predicted molar refractivity (Wildman–Crippen MR) is 139 cm³/mol. The van der Waals surface area contributed by atoms with Crippen molar-refractivity contribution in [2.24, 2.45) is 0 Å². The van der Waals surface area contributed by atoms with Crippen LogP contribution in [0, 0.1) is 24.1 Å². The molecule has 37 heavy (non-hydrogen) atoms. The van der Waals surface area contributed by atoms with E-state index >= 15 is 0 Å². The van der Waals surface area contributed by atoms with Gasteiger partial charge < -0.3 is 5.11 Å². The van der Waals surface area contributed by atoms with E-state index in [1.165, 1.54) is 25.1 Å². The summed E-state index contributed by atoms with van der Waals surface area (Å²) < 4.78 is 16.3. The van der Waals surface area contributed by atoms with E-state index in [1.807, 2.05) is 43.3 Å². The monoisotopic (exact) mass is 496 g/mol. The highest BCUT2D eigenvalue weighted by Gasteiger charge is 2.22. The molecule has 0 atom stereocenters. The van der Waals surface area contributed by atoms with Crippen molar-refractivity contribution in [1.82, 2.24) is 14.3 Å². The summed E-state index contributed by atoms with van der Waals surface area (Å²) in [7, 11) is 0. The van der Waals surface area contributed by atoms with E-state index in [-0.39, 0.29) is 29.1 Å². The molecule has 4 aromatic rings. The fraction of sp³-hybridized carbons (Fsp3) is 0.172. The van der Waals surface area contributed by atoms with Gasteiger partial charge in [0.15, 0.2) is 5.78 Å². The lowest BCUT2D eigenvalue weighted by Crippen LogP contribution is -2.26. The Morgan fingerprint density at radius 2 is 1.86 bits per heavy atom. The highest BCUT2D eigenvalue weighted by atomic mass is 19.1. The number of unbranched alkanes of at least 4 members (excludes halogenated alkanes) is 1. The molecule has 0 aliphatic heterocycles. The molecule has 0 fully saturated rings.